The second-order valence-corrected chi connectivity index (χ2v) is 13.0. The van der Waals surface area contributed by atoms with Gasteiger partial charge in [0.05, 0.1) is 23.9 Å². The van der Waals surface area contributed by atoms with Crippen LogP contribution in [0.1, 0.15) is 6.85 Å². The maximum Gasteiger partial charge on any atom is 0.138 e. The van der Waals surface area contributed by atoms with Crippen molar-refractivity contribution < 1.29 is 11.3 Å². The smallest absolute Gasteiger partial charge is 0.138 e. The van der Waals surface area contributed by atoms with Crippen molar-refractivity contribution >= 4 is 99.2 Å². The summed E-state index contributed by atoms with van der Waals surface area (Å²) >= 11 is 0. The monoisotopic (exact) mass is 655 g/mol. The van der Waals surface area contributed by atoms with Crippen LogP contribution < -0.4 is 9.80 Å². The van der Waals surface area contributed by atoms with Gasteiger partial charge in [-0.05, 0) is 92.9 Å². The van der Waals surface area contributed by atoms with E-state index in [0.717, 1.165) is 76.5 Å². The Morgan fingerprint density at radius 2 is 0.902 bits per heavy atom. The second kappa shape index (κ2) is 10.8. The van der Waals surface area contributed by atoms with Crippen molar-refractivity contribution in [3.63, 3.8) is 0 Å². The Morgan fingerprint density at radius 1 is 0.373 bits per heavy atom. The molecule has 0 amide bonds. The number of anilines is 6. The van der Waals surface area contributed by atoms with E-state index in [2.05, 4.69) is 89.8 Å². The molecule has 3 heteroatoms. The topological polar surface area (TPSA) is 19.6 Å². The molecule has 10 aromatic carbocycles. The van der Waals surface area contributed by atoms with Crippen LogP contribution in [0.25, 0.3) is 65.0 Å². The molecule has 0 saturated heterocycles. The molecule has 0 aliphatic carbocycles. The summed E-state index contributed by atoms with van der Waals surface area (Å²) in [5, 5.41) is 10.2. The van der Waals surface area contributed by atoms with Crippen LogP contribution in [0.3, 0.4) is 0 Å². The van der Waals surface area contributed by atoms with Gasteiger partial charge in [0.2, 0.25) is 0 Å². The zero-order valence-electron chi connectivity index (χ0n) is 32.2. The molecule has 11 rings (SSSR count). The molecule has 0 atom stereocenters. The first-order valence-corrected chi connectivity index (χ1v) is 17.0. The van der Waals surface area contributed by atoms with Crippen LogP contribution in [-0.4, -0.2) is 0 Å². The van der Waals surface area contributed by atoms with Gasteiger partial charge >= 0.3 is 0 Å². The van der Waals surface area contributed by atoms with Crippen LogP contribution >= 0.6 is 0 Å². The summed E-state index contributed by atoms with van der Waals surface area (Å²) in [4.78, 5) is 4.10. The first-order chi connectivity index (χ1) is 27.4. The summed E-state index contributed by atoms with van der Waals surface area (Å²) < 4.78 is 50.8. The number of para-hydroxylation sites is 3. The standard InChI is InChI=1S/C48H30N2O/c1-4-12-35(13-5-1)49(36-14-6-2-7-15-36)41-27-23-32-22-26-40-42(28-24-33-21-25-39(41)45(32)46(33)40)50(37-16-8-3-9-17-37)38-29-34-20-19-31-11-10-18-43-47(31)48(34)44(30-38)51-43/h1-30H/i3D,8D,9D,16D,17D. The van der Waals surface area contributed by atoms with Crippen molar-refractivity contribution in [1.29, 1.82) is 0 Å². The fourth-order valence-corrected chi connectivity index (χ4v) is 8.05. The third kappa shape index (κ3) is 4.19. The summed E-state index contributed by atoms with van der Waals surface area (Å²) in [7, 11) is 0. The largest absolute Gasteiger partial charge is 0.456 e. The van der Waals surface area contributed by atoms with Gasteiger partial charge in [0, 0.05) is 44.7 Å². The Kier molecular flexibility index (Phi) is 4.99. The Morgan fingerprint density at radius 3 is 1.55 bits per heavy atom. The van der Waals surface area contributed by atoms with Gasteiger partial charge in [0.25, 0.3) is 0 Å². The fraction of sp³-hybridized carbons (Fsp3) is 0. The highest BCUT2D eigenvalue weighted by Gasteiger charge is 2.23. The van der Waals surface area contributed by atoms with E-state index in [9.17, 15) is 2.74 Å². The van der Waals surface area contributed by atoms with Crippen molar-refractivity contribution in [2.75, 3.05) is 9.80 Å². The van der Waals surface area contributed by atoms with Gasteiger partial charge in [0.1, 0.15) is 11.2 Å². The number of nitrogens with zero attached hydrogens (tertiary/aromatic N) is 2. The predicted molar refractivity (Wildman–Crippen MR) is 215 cm³/mol. The summed E-state index contributed by atoms with van der Waals surface area (Å²) in [5.74, 6) is 0. The van der Waals surface area contributed by atoms with Gasteiger partial charge in [-0.15, -0.1) is 0 Å². The fourth-order valence-electron chi connectivity index (χ4n) is 8.05. The Hall–Kier alpha value is -6.84. The molecule has 0 radical (unpaired) electrons. The van der Waals surface area contributed by atoms with Crippen molar-refractivity contribution in [2.24, 2.45) is 0 Å². The van der Waals surface area contributed by atoms with Gasteiger partial charge in [-0.1, -0.05) is 115 Å². The van der Waals surface area contributed by atoms with E-state index in [4.69, 9.17) is 8.53 Å². The molecule has 51 heavy (non-hydrogen) atoms. The number of furan rings is 1. The SMILES string of the molecule is [2H]c1c([2H])c([2H])c(N(c2cc3ccc4cccc5oc(c2)c3c45)c2ccc3ccc4c(N(c5ccccc5)c5ccccc5)ccc5ccc2c3c54)c([2H])c1[2H]. The molecule has 0 fully saturated rings. The lowest BCUT2D eigenvalue weighted by Gasteiger charge is -2.29. The third-order valence-corrected chi connectivity index (χ3v) is 10.2. The molecule has 0 N–H and O–H groups in total. The van der Waals surface area contributed by atoms with Gasteiger partial charge in [-0.2, -0.15) is 0 Å². The van der Waals surface area contributed by atoms with Crippen molar-refractivity contribution in [1.82, 2.24) is 0 Å². The summed E-state index contributed by atoms with van der Waals surface area (Å²) in [6.45, 7) is 0. The molecule has 238 valence electrons. The Bertz CT molecular complexity index is 3260. The number of hydrogen-bond donors (Lipinski definition) is 0. The highest BCUT2D eigenvalue weighted by atomic mass is 16.3. The van der Waals surface area contributed by atoms with E-state index < -0.39 is 18.1 Å². The molecule has 1 heterocycles. The van der Waals surface area contributed by atoms with E-state index in [1.165, 1.54) is 0 Å². The maximum atomic E-state index is 9.22. The molecular weight excluding hydrogens is 621 g/mol. The molecule has 3 nitrogen and oxygen atoms in total. The van der Waals surface area contributed by atoms with Gasteiger partial charge in [0.15, 0.2) is 0 Å². The zero-order chi connectivity index (χ0) is 37.8. The van der Waals surface area contributed by atoms with Gasteiger partial charge in [-0.25, -0.2) is 0 Å². The molecule has 0 bridgehead atoms. The molecule has 1 aromatic heterocycles. The van der Waals surface area contributed by atoms with Crippen LogP contribution in [0.2, 0.25) is 0 Å². The first-order valence-electron chi connectivity index (χ1n) is 19.5. The lowest BCUT2D eigenvalue weighted by molar-refractivity contribution is 0.669. The molecule has 0 aliphatic heterocycles. The second-order valence-electron chi connectivity index (χ2n) is 13.0. The van der Waals surface area contributed by atoms with E-state index in [0.29, 0.717) is 17.0 Å². The lowest BCUT2D eigenvalue weighted by atomic mass is 9.91. The maximum absolute atomic E-state index is 9.22. The average Bonchev–Trinajstić information content (AvgIpc) is 3.63. The van der Waals surface area contributed by atoms with Crippen molar-refractivity contribution in [2.45, 2.75) is 0 Å². The minimum absolute atomic E-state index is 0.0641. The van der Waals surface area contributed by atoms with Crippen molar-refractivity contribution in [3.05, 3.63) is 182 Å². The van der Waals surface area contributed by atoms with Crippen LogP contribution in [0.5, 0.6) is 0 Å². The molecular formula is C48H30N2O. The quantitative estimate of drug-likeness (QED) is 0.166. The van der Waals surface area contributed by atoms with Crippen LogP contribution in [0.15, 0.2) is 186 Å². The molecule has 0 spiro atoms. The molecule has 0 saturated carbocycles. The zero-order valence-corrected chi connectivity index (χ0v) is 27.2. The summed E-state index contributed by atoms with van der Waals surface area (Å²) in [5.41, 5.74) is 5.89. The lowest BCUT2D eigenvalue weighted by Crippen LogP contribution is -2.11. The highest BCUT2D eigenvalue weighted by molar-refractivity contribution is 6.28. The van der Waals surface area contributed by atoms with E-state index in [1.54, 1.807) is 0 Å². The van der Waals surface area contributed by atoms with Crippen LogP contribution in [0.4, 0.5) is 34.1 Å². The predicted octanol–water partition coefficient (Wildman–Crippen LogP) is 14.0. The van der Waals surface area contributed by atoms with Crippen LogP contribution in [0, 0.1) is 0 Å². The van der Waals surface area contributed by atoms with E-state index >= 15 is 0 Å². The van der Waals surface area contributed by atoms with Gasteiger partial charge < -0.3 is 14.2 Å². The molecule has 11 aromatic rings. The Labute approximate surface area is 301 Å². The van der Waals surface area contributed by atoms with Crippen molar-refractivity contribution in [3.8, 4) is 0 Å². The summed E-state index contributed by atoms with van der Waals surface area (Å²) in [6.07, 6.45) is 0. The number of rotatable bonds is 6. The molecule has 0 aliphatic rings. The van der Waals surface area contributed by atoms with Crippen LogP contribution in [-0.2, 0) is 0 Å². The highest BCUT2D eigenvalue weighted by Crippen LogP contribution is 2.48. The summed E-state index contributed by atoms with van der Waals surface area (Å²) in [6, 6.07) is 49.9. The number of benzene rings is 10. The minimum atomic E-state index is -0.439. The molecule has 0 unspecified atom stereocenters. The third-order valence-electron chi connectivity index (χ3n) is 10.2. The van der Waals surface area contributed by atoms with E-state index in [-0.39, 0.29) is 17.8 Å². The minimum Gasteiger partial charge on any atom is -0.456 e. The first kappa shape index (κ1) is 23.5. The average molecular weight is 656 g/mol. The Balaban J connectivity index is 1.22. The van der Waals surface area contributed by atoms with E-state index in [1.807, 2.05) is 71.6 Å². The normalized spacial score (nSPS) is 13.3. The number of hydrogen-bond acceptors (Lipinski definition) is 3. The van der Waals surface area contributed by atoms with Gasteiger partial charge in [-0.3, -0.25) is 0 Å².